The summed E-state index contributed by atoms with van der Waals surface area (Å²) < 4.78 is 0. The van der Waals surface area contributed by atoms with Crippen molar-refractivity contribution >= 4 is 11.4 Å². The molecule has 0 spiro atoms. The van der Waals surface area contributed by atoms with Crippen LogP contribution in [0.2, 0.25) is 0 Å². The molecule has 1 aliphatic carbocycles. The molecule has 42 heavy (non-hydrogen) atoms. The first-order valence-electron chi connectivity index (χ1n) is 14.7. The second kappa shape index (κ2) is 12.4. The molecule has 0 fully saturated rings. The lowest BCUT2D eigenvalue weighted by Crippen LogP contribution is -2.46. The number of aryl methyl sites for hydroxylation is 1. The molecule has 0 saturated heterocycles. The molecule has 208 valence electrons. The van der Waals surface area contributed by atoms with E-state index < -0.39 is 0 Å². The SMILES string of the molecule is C=C/C=C/C1=C(c2ccccc2C)CC(c2ccccc2C2NC(c3ccccc3)=NC(c3ccccc3)N2C)C=C1. The normalized spacial score (nSPS) is 20.8. The van der Waals surface area contributed by atoms with Gasteiger partial charge in [-0.1, -0.05) is 146 Å². The summed E-state index contributed by atoms with van der Waals surface area (Å²) in [5, 5.41) is 3.82. The van der Waals surface area contributed by atoms with E-state index >= 15 is 0 Å². The van der Waals surface area contributed by atoms with Crippen molar-refractivity contribution in [3.63, 3.8) is 0 Å². The lowest BCUT2D eigenvalue weighted by atomic mass is 9.79. The Bertz CT molecular complexity index is 1680. The minimum atomic E-state index is -0.110. The number of hydrogen-bond acceptors (Lipinski definition) is 3. The summed E-state index contributed by atoms with van der Waals surface area (Å²) in [4.78, 5) is 7.57. The molecule has 1 heterocycles. The molecule has 0 aromatic heterocycles. The van der Waals surface area contributed by atoms with Crippen molar-refractivity contribution in [2.75, 3.05) is 7.05 Å². The van der Waals surface area contributed by atoms with Crippen LogP contribution in [0.3, 0.4) is 0 Å². The van der Waals surface area contributed by atoms with E-state index in [2.05, 4.69) is 152 Å². The Labute approximate surface area is 250 Å². The third-order valence-corrected chi connectivity index (χ3v) is 8.32. The van der Waals surface area contributed by atoms with Crippen LogP contribution in [0.25, 0.3) is 5.57 Å². The highest BCUT2D eigenvalue weighted by atomic mass is 15.4. The molecule has 4 aromatic rings. The highest BCUT2D eigenvalue weighted by Gasteiger charge is 2.33. The van der Waals surface area contributed by atoms with Gasteiger partial charge in [0.1, 0.15) is 18.2 Å². The highest BCUT2D eigenvalue weighted by Crippen LogP contribution is 2.42. The quantitative estimate of drug-likeness (QED) is 0.234. The minimum absolute atomic E-state index is 0.0551. The molecule has 0 radical (unpaired) electrons. The van der Waals surface area contributed by atoms with E-state index in [-0.39, 0.29) is 18.2 Å². The standard InChI is InChI=1S/C39H37N3/c1-4-5-17-29-25-26-32(27-36(29)33-22-13-12-16-28(33)2)34-23-14-15-24-35(34)39-41-37(30-18-8-6-9-19-30)40-38(42(39)3)31-20-10-7-11-21-31/h4-26,32,38-39H,1,27H2,2-3H3,(H,40,41)/b17-5+. The van der Waals surface area contributed by atoms with Gasteiger partial charge in [0.25, 0.3) is 0 Å². The van der Waals surface area contributed by atoms with Crippen molar-refractivity contribution in [3.05, 3.63) is 185 Å². The van der Waals surface area contributed by atoms with Crippen LogP contribution in [0.5, 0.6) is 0 Å². The van der Waals surface area contributed by atoms with E-state index in [0.717, 1.165) is 17.8 Å². The topological polar surface area (TPSA) is 27.6 Å². The van der Waals surface area contributed by atoms with Crippen molar-refractivity contribution in [2.45, 2.75) is 31.6 Å². The third-order valence-electron chi connectivity index (χ3n) is 8.32. The van der Waals surface area contributed by atoms with Gasteiger partial charge >= 0.3 is 0 Å². The van der Waals surface area contributed by atoms with Gasteiger partial charge < -0.3 is 5.32 Å². The Kier molecular flexibility index (Phi) is 8.12. The van der Waals surface area contributed by atoms with Crippen LogP contribution in [0.4, 0.5) is 0 Å². The Balaban J connectivity index is 1.41. The summed E-state index contributed by atoms with van der Waals surface area (Å²) in [6, 6.07) is 38.6. The number of benzene rings is 4. The molecule has 3 heteroatoms. The van der Waals surface area contributed by atoms with Gasteiger partial charge in [0.05, 0.1) is 0 Å². The summed E-state index contributed by atoms with van der Waals surface area (Å²) in [6.07, 6.45) is 11.5. The summed E-state index contributed by atoms with van der Waals surface area (Å²) >= 11 is 0. The van der Waals surface area contributed by atoms with Gasteiger partial charge in [0, 0.05) is 11.5 Å². The van der Waals surface area contributed by atoms with Gasteiger partial charge in [-0.3, -0.25) is 4.90 Å². The fraction of sp³-hybridized carbons (Fsp3) is 0.154. The zero-order chi connectivity index (χ0) is 28.9. The zero-order valence-electron chi connectivity index (χ0n) is 24.3. The Morgan fingerprint density at radius 1 is 0.833 bits per heavy atom. The smallest absolute Gasteiger partial charge is 0.132 e. The molecular weight excluding hydrogens is 510 g/mol. The van der Waals surface area contributed by atoms with Crippen LogP contribution in [0.15, 0.2) is 157 Å². The predicted molar refractivity (Wildman–Crippen MR) is 176 cm³/mol. The average molecular weight is 548 g/mol. The van der Waals surface area contributed by atoms with Crippen LogP contribution in [-0.4, -0.2) is 17.8 Å². The second-order valence-electron chi connectivity index (χ2n) is 11.0. The fourth-order valence-electron chi connectivity index (χ4n) is 6.15. The molecule has 3 unspecified atom stereocenters. The first kappa shape index (κ1) is 27.4. The first-order chi connectivity index (χ1) is 20.6. The van der Waals surface area contributed by atoms with Gasteiger partial charge in [-0.05, 0) is 59.4 Å². The van der Waals surface area contributed by atoms with Gasteiger partial charge in [-0.25, -0.2) is 4.99 Å². The van der Waals surface area contributed by atoms with E-state index in [1.165, 1.54) is 39.0 Å². The van der Waals surface area contributed by atoms with Crippen LogP contribution < -0.4 is 5.32 Å². The summed E-state index contributed by atoms with van der Waals surface area (Å²) in [6.45, 7) is 6.10. The molecule has 3 nitrogen and oxygen atoms in total. The molecule has 6 rings (SSSR count). The Morgan fingerprint density at radius 2 is 1.50 bits per heavy atom. The molecular formula is C39H37N3. The second-order valence-corrected chi connectivity index (χ2v) is 11.0. The predicted octanol–water partition coefficient (Wildman–Crippen LogP) is 8.91. The van der Waals surface area contributed by atoms with Crippen molar-refractivity contribution < 1.29 is 0 Å². The maximum absolute atomic E-state index is 5.22. The molecule has 0 saturated carbocycles. The monoisotopic (exact) mass is 547 g/mol. The molecule has 2 aliphatic rings. The maximum atomic E-state index is 5.22. The molecule has 1 N–H and O–H groups in total. The Hall–Kier alpha value is -4.73. The lowest BCUT2D eigenvalue weighted by Gasteiger charge is -2.40. The zero-order valence-corrected chi connectivity index (χ0v) is 24.3. The number of hydrogen-bond donors (Lipinski definition) is 1. The Morgan fingerprint density at radius 3 is 2.24 bits per heavy atom. The number of rotatable bonds is 7. The largest absolute Gasteiger partial charge is 0.350 e. The number of aliphatic imine (C=N–C) groups is 1. The fourth-order valence-corrected chi connectivity index (χ4v) is 6.15. The van der Waals surface area contributed by atoms with Crippen molar-refractivity contribution in [1.29, 1.82) is 0 Å². The summed E-state index contributed by atoms with van der Waals surface area (Å²) in [7, 11) is 2.17. The molecule has 0 amide bonds. The van der Waals surface area contributed by atoms with Crippen LogP contribution in [0, 0.1) is 6.92 Å². The van der Waals surface area contributed by atoms with E-state index in [4.69, 9.17) is 4.99 Å². The molecule has 1 aliphatic heterocycles. The van der Waals surface area contributed by atoms with Gasteiger partial charge in [-0.15, -0.1) is 0 Å². The number of nitrogens with zero attached hydrogens (tertiary/aromatic N) is 2. The van der Waals surface area contributed by atoms with Crippen molar-refractivity contribution in [3.8, 4) is 0 Å². The van der Waals surface area contributed by atoms with Crippen LogP contribution in [-0.2, 0) is 0 Å². The van der Waals surface area contributed by atoms with Gasteiger partial charge in [-0.2, -0.15) is 0 Å². The number of amidine groups is 1. The maximum Gasteiger partial charge on any atom is 0.132 e. The van der Waals surface area contributed by atoms with E-state index in [1.807, 2.05) is 18.2 Å². The third kappa shape index (κ3) is 5.57. The van der Waals surface area contributed by atoms with E-state index in [1.54, 1.807) is 0 Å². The molecule has 3 atom stereocenters. The first-order valence-corrected chi connectivity index (χ1v) is 14.7. The lowest BCUT2D eigenvalue weighted by molar-refractivity contribution is 0.151. The number of nitrogens with one attached hydrogen (secondary N) is 1. The highest BCUT2D eigenvalue weighted by molar-refractivity contribution is 5.99. The minimum Gasteiger partial charge on any atom is -0.350 e. The molecule has 4 aromatic carbocycles. The van der Waals surface area contributed by atoms with Crippen molar-refractivity contribution in [2.24, 2.45) is 4.99 Å². The van der Waals surface area contributed by atoms with Crippen LogP contribution in [0.1, 0.15) is 58.1 Å². The number of allylic oxidation sites excluding steroid dienone is 7. The summed E-state index contributed by atoms with van der Waals surface area (Å²) in [5.74, 6) is 1.15. The van der Waals surface area contributed by atoms with E-state index in [9.17, 15) is 0 Å². The average Bonchev–Trinajstić information content (AvgIpc) is 3.05. The van der Waals surface area contributed by atoms with Gasteiger partial charge in [0.15, 0.2) is 0 Å². The van der Waals surface area contributed by atoms with E-state index in [0.29, 0.717) is 0 Å². The van der Waals surface area contributed by atoms with Crippen molar-refractivity contribution in [1.82, 2.24) is 10.2 Å². The molecule has 0 bridgehead atoms. The van der Waals surface area contributed by atoms with Gasteiger partial charge in [0.2, 0.25) is 0 Å². The van der Waals surface area contributed by atoms with Crippen LogP contribution >= 0.6 is 0 Å². The summed E-state index contributed by atoms with van der Waals surface area (Å²) in [5.41, 5.74) is 10.1.